The maximum Gasteiger partial charge on any atom is 0.255 e. The first-order valence-electron chi connectivity index (χ1n) is 8.92. The molecule has 0 unspecified atom stereocenters. The maximum absolute atomic E-state index is 13.0. The number of likely N-dealkylation sites (N-methyl/N-ethyl adjacent to an activating group) is 1. The maximum atomic E-state index is 13.0. The van der Waals surface area contributed by atoms with Gasteiger partial charge in [-0.1, -0.05) is 6.92 Å². The van der Waals surface area contributed by atoms with Crippen molar-refractivity contribution in [3.8, 4) is 0 Å². The van der Waals surface area contributed by atoms with E-state index in [4.69, 9.17) is 5.73 Å². The Bertz CT molecular complexity index is 783. The first-order valence-corrected chi connectivity index (χ1v) is 8.92. The number of piperazine rings is 1. The van der Waals surface area contributed by atoms with E-state index in [1.54, 1.807) is 0 Å². The normalized spacial score (nSPS) is 15.1. The molecule has 1 aliphatic heterocycles. The summed E-state index contributed by atoms with van der Waals surface area (Å²) in [5, 5.41) is 2.85. The number of amides is 1. The number of aryl methyl sites for hydroxylation is 1. The van der Waals surface area contributed by atoms with Gasteiger partial charge in [0.05, 0.1) is 11.4 Å². The lowest BCUT2D eigenvalue weighted by Crippen LogP contribution is -2.46. The smallest absolute Gasteiger partial charge is 0.255 e. The molecule has 138 valence electrons. The highest BCUT2D eigenvalue weighted by Gasteiger charge is 2.19. The molecule has 0 spiro atoms. The van der Waals surface area contributed by atoms with Crippen molar-refractivity contribution in [2.45, 2.75) is 13.8 Å². The lowest BCUT2D eigenvalue weighted by molar-refractivity contribution is 0.102. The number of halogens is 1. The van der Waals surface area contributed by atoms with E-state index >= 15 is 0 Å². The predicted molar refractivity (Wildman–Crippen MR) is 104 cm³/mol. The van der Waals surface area contributed by atoms with Crippen LogP contribution in [0.15, 0.2) is 36.4 Å². The third-order valence-corrected chi connectivity index (χ3v) is 4.88. The molecule has 0 bridgehead atoms. The van der Waals surface area contributed by atoms with E-state index in [2.05, 4.69) is 22.0 Å². The lowest BCUT2D eigenvalue weighted by atomic mass is 10.1. The first-order chi connectivity index (χ1) is 12.5. The van der Waals surface area contributed by atoms with Crippen LogP contribution in [0.2, 0.25) is 0 Å². The summed E-state index contributed by atoms with van der Waals surface area (Å²) >= 11 is 0. The molecule has 0 aliphatic carbocycles. The topological polar surface area (TPSA) is 61.6 Å². The number of nitrogen functional groups attached to an aromatic ring is 1. The Labute approximate surface area is 153 Å². The van der Waals surface area contributed by atoms with Gasteiger partial charge in [-0.25, -0.2) is 4.39 Å². The minimum Gasteiger partial charge on any atom is -0.397 e. The molecule has 0 atom stereocenters. The fraction of sp³-hybridized carbons (Fsp3) is 0.350. The van der Waals surface area contributed by atoms with Crippen LogP contribution in [0.1, 0.15) is 22.8 Å². The summed E-state index contributed by atoms with van der Waals surface area (Å²) in [5.41, 5.74) is 9.79. The summed E-state index contributed by atoms with van der Waals surface area (Å²) in [7, 11) is 0. The van der Waals surface area contributed by atoms with E-state index < -0.39 is 0 Å². The molecular weight excluding hydrogens is 331 g/mol. The van der Waals surface area contributed by atoms with E-state index in [1.807, 2.05) is 19.1 Å². The van der Waals surface area contributed by atoms with Gasteiger partial charge in [-0.2, -0.15) is 0 Å². The predicted octanol–water partition coefficient (Wildman–Crippen LogP) is 3.11. The minimum atomic E-state index is -0.370. The quantitative estimate of drug-likeness (QED) is 0.827. The first kappa shape index (κ1) is 18.2. The number of nitrogens with two attached hydrogens (primary N) is 1. The molecular formula is C20H25FN4O. The van der Waals surface area contributed by atoms with E-state index in [-0.39, 0.29) is 11.7 Å². The molecule has 0 radical (unpaired) electrons. The van der Waals surface area contributed by atoms with E-state index in [0.29, 0.717) is 16.9 Å². The highest BCUT2D eigenvalue weighted by atomic mass is 19.1. The van der Waals surface area contributed by atoms with Crippen molar-refractivity contribution in [2.24, 2.45) is 0 Å². The molecule has 1 amide bonds. The lowest BCUT2D eigenvalue weighted by Gasteiger charge is -2.36. The summed E-state index contributed by atoms with van der Waals surface area (Å²) in [6.45, 7) is 9.22. The number of hydrogen-bond donors (Lipinski definition) is 2. The second-order valence-electron chi connectivity index (χ2n) is 6.61. The van der Waals surface area contributed by atoms with Gasteiger partial charge in [-0.05, 0) is 55.4 Å². The van der Waals surface area contributed by atoms with Crippen molar-refractivity contribution < 1.29 is 9.18 Å². The molecule has 1 heterocycles. The SMILES string of the molecule is CCN1CCN(c2cc(NC(=O)c3ccc(F)cc3)c(N)cc2C)CC1. The van der Waals surface area contributed by atoms with Gasteiger partial charge < -0.3 is 20.9 Å². The molecule has 6 heteroatoms. The van der Waals surface area contributed by atoms with Crippen molar-refractivity contribution in [1.82, 2.24) is 4.90 Å². The molecule has 3 rings (SSSR count). The monoisotopic (exact) mass is 356 g/mol. The Morgan fingerprint density at radius 2 is 1.81 bits per heavy atom. The Morgan fingerprint density at radius 3 is 2.42 bits per heavy atom. The zero-order chi connectivity index (χ0) is 18.7. The molecule has 1 saturated heterocycles. The zero-order valence-corrected chi connectivity index (χ0v) is 15.3. The molecule has 2 aromatic rings. The van der Waals surface area contributed by atoms with Crippen molar-refractivity contribution in [3.63, 3.8) is 0 Å². The van der Waals surface area contributed by atoms with Crippen LogP contribution in [0.4, 0.5) is 21.5 Å². The number of hydrogen-bond acceptors (Lipinski definition) is 4. The Hall–Kier alpha value is -2.60. The zero-order valence-electron chi connectivity index (χ0n) is 15.3. The average Bonchev–Trinajstić information content (AvgIpc) is 2.64. The van der Waals surface area contributed by atoms with Crippen LogP contribution in [0.3, 0.4) is 0 Å². The van der Waals surface area contributed by atoms with Gasteiger partial charge in [0.25, 0.3) is 5.91 Å². The Balaban J connectivity index is 1.79. The number of carbonyl (C=O) groups excluding carboxylic acids is 1. The molecule has 26 heavy (non-hydrogen) atoms. The van der Waals surface area contributed by atoms with Crippen LogP contribution in [0.25, 0.3) is 0 Å². The number of carbonyl (C=O) groups is 1. The fourth-order valence-corrected chi connectivity index (χ4v) is 3.27. The molecule has 3 N–H and O–H groups in total. The van der Waals surface area contributed by atoms with Crippen LogP contribution >= 0.6 is 0 Å². The standard InChI is InChI=1S/C20H25FN4O/c1-3-24-8-10-25(11-9-24)19-13-18(17(22)12-14(19)2)23-20(26)15-4-6-16(21)7-5-15/h4-7,12-13H,3,8-11,22H2,1-2H3,(H,23,26). The van der Waals surface area contributed by atoms with E-state index in [0.717, 1.165) is 44.0 Å². The molecule has 5 nitrogen and oxygen atoms in total. The molecule has 0 aromatic heterocycles. The number of rotatable bonds is 4. The molecule has 2 aromatic carbocycles. The summed E-state index contributed by atoms with van der Waals surface area (Å²) in [6, 6.07) is 9.29. The van der Waals surface area contributed by atoms with Crippen molar-refractivity contribution >= 4 is 23.0 Å². The Kier molecular flexibility index (Phi) is 5.42. The van der Waals surface area contributed by atoms with Gasteiger partial charge >= 0.3 is 0 Å². The average molecular weight is 356 g/mol. The number of nitrogens with one attached hydrogen (secondary N) is 1. The number of anilines is 3. The number of benzene rings is 2. The highest BCUT2D eigenvalue weighted by Crippen LogP contribution is 2.30. The van der Waals surface area contributed by atoms with Crippen LogP contribution in [-0.4, -0.2) is 43.5 Å². The van der Waals surface area contributed by atoms with Crippen LogP contribution in [0.5, 0.6) is 0 Å². The van der Waals surface area contributed by atoms with Crippen LogP contribution in [-0.2, 0) is 0 Å². The number of nitrogens with zero attached hydrogens (tertiary/aromatic N) is 2. The van der Waals surface area contributed by atoms with Gasteiger partial charge in [-0.15, -0.1) is 0 Å². The van der Waals surface area contributed by atoms with Gasteiger partial charge in [0.1, 0.15) is 5.82 Å². The molecule has 1 aliphatic rings. The van der Waals surface area contributed by atoms with Gasteiger partial charge in [0.15, 0.2) is 0 Å². The third-order valence-electron chi connectivity index (χ3n) is 4.88. The van der Waals surface area contributed by atoms with Crippen molar-refractivity contribution in [3.05, 3.63) is 53.3 Å². The molecule has 0 saturated carbocycles. The van der Waals surface area contributed by atoms with Gasteiger partial charge in [-0.3, -0.25) is 4.79 Å². The minimum absolute atomic E-state index is 0.303. The third kappa shape index (κ3) is 3.96. The van der Waals surface area contributed by atoms with Crippen molar-refractivity contribution in [1.29, 1.82) is 0 Å². The summed E-state index contributed by atoms with van der Waals surface area (Å²) < 4.78 is 13.0. The van der Waals surface area contributed by atoms with Gasteiger partial charge in [0, 0.05) is 37.4 Å². The van der Waals surface area contributed by atoms with Crippen LogP contribution in [0, 0.1) is 12.7 Å². The molecule has 1 fully saturated rings. The highest BCUT2D eigenvalue weighted by molar-refractivity contribution is 6.06. The van der Waals surface area contributed by atoms with E-state index in [1.165, 1.54) is 24.3 Å². The second-order valence-corrected chi connectivity index (χ2v) is 6.61. The summed E-state index contributed by atoms with van der Waals surface area (Å²) in [6.07, 6.45) is 0. The fourth-order valence-electron chi connectivity index (χ4n) is 3.27. The summed E-state index contributed by atoms with van der Waals surface area (Å²) in [5.74, 6) is -0.674. The largest absolute Gasteiger partial charge is 0.397 e. The van der Waals surface area contributed by atoms with Crippen molar-refractivity contribution in [2.75, 3.05) is 48.7 Å². The second kappa shape index (κ2) is 7.74. The summed E-state index contributed by atoms with van der Waals surface area (Å²) in [4.78, 5) is 17.2. The Morgan fingerprint density at radius 1 is 1.15 bits per heavy atom. The van der Waals surface area contributed by atoms with Crippen LogP contribution < -0.4 is 16.0 Å². The van der Waals surface area contributed by atoms with E-state index in [9.17, 15) is 9.18 Å². The van der Waals surface area contributed by atoms with Gasteiger partial charge in [0.2, 0.25) is 0 Å².